The van der Waals surface area contributed by atoms with Crippen LogP contribution < -0.4 is 15.1 Å². The van der Waals surface area contributed by atoms with Gasteiger partial charge in [0.2, 0.25) is 11.1 Å². The predicted molar refractivity (Wildman–Crippen MR) is 106 cm³/mol. The Hall–Kier alpha value is -2.87. The Morgan fingerprint density at radius 3 is 2.82 bits per heavy atom. The van der Waals surface area contributed by atoms with E-state index in [1.807, 2.05) is 31.2 Å². The number of rotatable bonds is 5. The quantitative estimate of drug-likeness (QED) is 0.528. The smallest absolute Gasteiger partial charge is 0.325 e. The van der Waals surface area contributed by atoms with Crippen molar-refractivity contribution < 1.29 is 13.9 Å². The molecular formula is C20H21N4O3S+. The number of thioether (sulfide) groups is 1. The monoisotopic (exact) mass is 397 g/mol. The molecule has 0 aliphatic carbocycles. The van der Waals surface area contributed by atoms with Gasteiger partial charge in [0.1, 0.15) is 0 Å². The molecule has 1 atom stereocenters. The van der Waals surface area contributed by atoms with Crippen molar-refractivity contribution in [2.24, 2.45) is 0 Å². The van der Waals surface area contributed by atoms with Crippen LogP contribution in [0.25, 0.3) is 11.3 Å². The van der Waals surface area contributed by atoms with Crippen LogP contribution in [-0.2, 0) is 4.79 Å². The van der Waals surface area contributed by atoms with Crippen LogP contribution in [0.3, 0.4) is 0 Å². The average Bonchev–Trinajstić information content (AvgIpc) is 3.24. The number of hydrogen-bond donors (Lipinski definition) is 1. The van der Waals surface area contributed by atoms with Gasteiger partial charge in [-0.2, -0.15) is 0 Å². The number of para-hydroxylation sites is 1. The zero-order valence-electron chi connectivity index (χ0n) is 15.7. The fraction of sp³-hybridized carbons (Fsp3) is 0.300. The molecule has 1 aliphatic rings. The molecule has 1 aromatic carbocycles. The number of anilines is 1. The lowest BCUT2D eigenvalue weighted by atomic mass is 10.0. The maximum Gasteiger partial charge on any atom is 0.325 e. The van der Waals surface area contributed by atoms with Crippen LogP contribution in [0.15, 0.2) is 57.0 Å². The van der Waals surface area contributed by atoms with Crippen molar-refractivity contribution in [2.45, 2.75) is 38.0 Å². The Balaban J connectivity index is 2.01. The van der Waals surface area contributed by atoms with Gasteiger partial charge in [0, 0.05) is 17.3 Å². The topological polar surface area (TPSA) is 83.1 Å². The third-order valence-corrected chi connectivity index (χ3v) is 5.64. The molecule has 3 heterocycles. The van der Waals surface area contributed by atoms with E-state index in [4.69, 9.17) is 4.42 Å². The number of hydrogen-bond acceptors (Lipinski definition) is 5. The second kappa shape index (κ2) is 7.63. The van der Waals surface area contributed by atoms with E-state index in [9.17, 15) is 9.59 Å². The van der Waals surface area contributed by atoms with E-state index in [2.05, 4.69) is 17.0 Å². The summed E-state index contributed by atoms with van der Waals surface area (Å²) < 4.78 is 7.27. The second-order valence-electron chi connectivity index (χ2n) is 6.42. The van der Waals surface area contributed by atoms with Crippen molar-refractivity contribution in [3.05, 3.63) is 58.8 Å². The average molecular weight is 397 g/mol. The SMILES string of the molecule is CCCSc1n[n+]2c(c(=O)[nH]1)-c1ccccc1N(C(=O)CC)[C@@H]2c1ccco1. The van der Waals surface area contributed by atoms with E-state index in [0.29, 0.717) is 34.3 Å². The summed E-state index contributed by atoms with van der Waals surface area (Å²) in [4.78, 5) is 30.5. The molecule has 0 fully saturated rings. The summed E-state index contributed by atoms with van der Waals surface area (Å²) in [7, 11) is 0. The molecule has 7 nitrogen and oxygen atoms in total. The van der Waals surface area contributed by atoms with Gasteiger partial charge < -0.3 is 4.42 Å². The highest BCUT2D eigenvalue weighted by Crippen LogP contribution is 2.37. The highest BCUT2D eigenvalue weighted by Gasteiger charge is 2.46. The summed E-state index contributed by atoms with van der Waals surface area (Å²) in [5.74, 6) is 1.31. The Morgan fingerprint density at radius 2 is 2.11 bits per heavy atom. The number of amides is 1. The van der Waals surface area contributed by atoms with Gasteiger partial charge in [0.15, 0.2) is 5.76 Å². The molecule has 0 saturated heterocycles. The lowest BCUT2D eigenvalue weighted by Gasteiger charge is -2.30. The lowest BCUT2D eigenvalue weighted by Crippen LogP contribution is -2.60. The van der Waals surface area contributed by atoms with Gasteiger partial charge in [-0.1, -0.05) is 37.7 Å². The van der Waals surface area contributed by atoms with E-state index >= 15 is 0 Å². The third-order valence-electron chi connectivity index (χ3n) is 4.57. The third kappa shape index (κ3) is 3.03. The van der Waals surface area contributed by atoms with Gasteiger partial charge >= 0.3 is 17.4 Å². The summed E-state index contributed by atoms with van der Waals surface area (Å²) >= 11 is 1.48. The van der Waals surface area contributed by atoms with Gasteiger partial charge in [-0.05, 0) is 35.4 Å². The van der Waals surface area contributed by atoms with Crippen LogP contribution >= 0.6 is 11.8 Å². The fourth-order valence-electron chi connectivity index (χ4n) is 3.37. The number of carbonyl (C=O) groups is 1. The van der Waals surface area contributed by atoms with Gasteiger partial charge in [0.25, 0.3) is 0 Å². The van der Waals surface area contributed by atoms with Gasteiger partial charge in [-0.25, -0.2) is 4.90 Å². The molecule has 1 amide bonds. The molecule has 1 N–H and O–H groups in total. The molecule has 28 heavy (non-hydrogen) atoms. The Bertz CT molecular complexity index is 1060. The standard InChI is InChI=1S/C20H20N4O3S/c1-3-12-28-20-21-18(26)17-13-8-5-6-9-14(13)23(16(25)4-2)19(24(17)22-20)15-10-7-11-27-15/h5-11,19H,3-4,12H2,1-2H3/p+1/t19-/m0/s1. The van der Waals surface area contributed by atoms with Crippen molar-refractivity contribution in [1.82, 2.24) is 10.1 Å². The van der Waals surface area contributed by atoms with Crippen LogP contribution in [0.2, 0.25) is 0 Å². The summed E-state index contributed by atoms with van der Waals surface area (Å²) in [5.41, 5.74) is 1.53. The van der Waals surface area contributed by atoms with Gasteiger partial charge in [-0.3, -0.25) is 14.6 Å². The molecule has 0 bridgehead atoms. The fourth-order valence-corrected chi connectivity index (χ4v) is 4.08. The first-order valence-electron chi connectivity index (χ1n) is 9.29. The molecular weight excluding hydrogens is 376 g/mol. The van der Waals surface area contributed by atoms with E-state index in [-0.39, 0.29) is 11.5 Å². The van der Waals surface area contributed by atoms with E-state index in [1.165, 1.54) is 11.8 Å². The first-order chi connectivity index (χ1) is 13.7. The largest absolute Gasteiger partial charge is 0.460 e. The zero-order chi connectivity index (χ0) is 19.7. The van der Waals surface area contributed by atoms with Crippen molar-refractivity contribution >= 4 is 23.4 Å². The molecule has 8 heteroatoms. The van der Waals surface area contributed by atoms with Crippen molar-refractivity contribution in [3.8, 4) is 11.3 Å². The highest BCUT2D eigenvalue weighted by molar-refractivity contribution is 7.99. The maximum absolute atomic E-state index is 13.0. The Kier molecular flexibility index (Phi) is 5.04. The Labute approximate surface area is 166 Å². The molecule has 3 aromatic rings. The van der Waals surface area contributed by atoms with Crippen LogP contribution in [0.1, 0.15) is 38.6 Å². The highest BCUT2D eigenvalue weighted by atomic mass is 32.2. The molecule has 0 unspecified atom stereocenters. The molecule has 4 rings (SSSR count). The predicted octanol–water partition coefficient (Wildman–Crippen LogP) is 3.12. The summed E-state index contributed by atoms with van der Waals surface area (Å²) in [6.07, 6.45) is 2.18. The molecule has 1 aliphatic heterocycles. The van der Waals surface area contributed by atoms with Crippen molar-refractivity contribution in [2.75, 3.05) is 10.7 Å². The van der Waals surface area contributed by atoms with Crippen LogP contribution in [0.4, 0.5) is 5.69 Å². The lowest BCUT2D eigenvalue weighted by molar-refractivity contribution is -0.764. The van der Waals surface area contributed by atoms with E-state index < -0.39 is 6.17 Å². The number of nitrogens with zero attached hydrogens (tertiary/aromatic N) is 3. The normalized spacial score (nSPS) is 15.2. The van der Waals surface area contributed by atoms with Gasteiger partial charge in [0.05, 0.1) is 17.5 Å². The molecule has 0 spiro atoms. The first kappa shape index (κ1) is 18.5. The number of fused-ring (bicyclic) bond motifs is 3. The minimum atomic E-state index is -0.657. The number of benzene rings is 1. The summed E-state index contributed by atoms with van der Waals surface area (Å²) in [5, 5.41) is 5.21. The van der Waals surface area contributed by atoms with Crippen LogP contribution in [0.5, 0.6) is 0 Å². The van der Waals surface area contributed by atoms with Crippen molar-refractivity contribution in [1.29, 1.82) is 0 Å². The maximum atomic E-state index is 13.0. The summed E-state index contributed by atoms with van der Waals surface area (Å²) in [6, 6.07) is 11.0. The van der Waals surface area contributed by atoms with E-state index in [0.717, 1.165) is 12.2 Å². The number of aromatic nitrogens is 3. The van der Waals surface area contributed by atoms with Gasteiger partial charge in [-0.15, -0.1) is 0 Å². The van der Waals surface area contributed by atoms with Crippen LogP contribution in [-0.4, -0.2) is 21.7 Å². The number of H-pyrrole nitrogens is 1. The summed E-state index contributed by atoms with van der Waals surface area (Å²) in [6.45, 7) is 3.89. The molecule has 144 valence electrons. The van der Waals surface area contributed by atoms with E-state index in [1.54, 1.807) is 28.0 Å². The minimum absolute atomic E-state index is 0.0724. The minimum Gasteiger partial charge on any atom is -0.460 e. The number of furan rings is 1. The number of carbonyl (C=O) groups excluding carboxylic acids is 1. The van der Waals surface area contributed by atoms with Crippen molar-refractivity contribution in [3.63, 3.8) is 0 Å². The molecule has 0 radical (unpaired) electrons. The second-order valence-corrected chi connectivity index (χ2v) is 7.51. The zero-order valence-corrected chi connectivity index (χ0v) is 16.5. The number of aromatic amines is 1. The first-order valence-corrected chi connectivity index (χ1v) is 10.3. The number of nitrogens with one attached hydrogen (secondary N) is 1. The molecule has 2 aromatic heterocycles. The Morgan fingerprint density at radius 1 is 1.29 bits per heavy atom. The van der Waals surface area contributed by atoms with Crippen LogP contribution in [0, 0.1) is 0 Å². The molecule has 0 saturated carbocycles.